The highest BCUT2D eigenvalue weighted by atomic mass is 32.2. The van der Waals surface area contributed by atoms with Crippen LogP contribution in [0.1, 0.15) is 43.1 Å². The molecule has 1 saturated carbocycles. The normalized spacial score (nSPS) is 16.9. The third kappa shape index (κ3) is 3.86. The molecule has 178 valence electrons. The van der Waals surface area contributed by atoms with Crippen molar-refractivity contribution < 1.29 is 43.5 Å². The van der Waals surface area contributed by atoms with E-state index in [4.69, 9.17) is 0 Å². The van der Waals surface area contributed by atoms with Crippen molar-refractivity contribution in [1.29, 1.82) is 0 Å². The van der Waals surface area contributed by atoms with E-state index in [-0.39, 0.29) is 22.3 Å². The van der Waals surface area contributed by atoms with Gasteiger partial charge in [0.1, 0.15) is 5.69 Å². The Morgan fingerprint density at radius 2 is 1.62 bits per heavy atom. The maximum atomic E-state index is 14.5. The predicted octanol–water partition coefficient (Wildman–Crippen LogP) is 5.00. The third-order valence-electron chi connectivity index (χ3n) is 5.31. The molecule has 0 amide bonds. The molecule has 5 nitrogen and oxygen atoms in total. The molecule has 32 heavy (non-hydrogen) atoms. The van der Waals surface area contributed by atoms with Crippen LogP contribution >= 0.6 is 0 Å². The summed E-state index contributed by atoms with van der Waals surface area (Å²) < 4.78 is 132. The van der Waals surface area contributed by atoms with Gasteiger partial charge in [-0.25, -0.2) is 22.2 Å². The SMILES string of the molecule is CCS(=O)(=O)c1cc(C2CC2)cnc1-c1ncc([C@@H](F)C(F)(C(F)(F)F)C(F)(F)F)n1C. The smallest absolute Gasteiger partial charge is 0.327 e. The van der Waals surface area contributed by atoms with E-state index in [0.29, 0.717) is 16.3 Å². The molecule has 3 rings (SSSR count). The Morgan fingerprint density at radius 3 is 2.09 bits per heavy atom. The standard InChI is InChI=1S/C18H17F8N3O2S/c1-3-32(30,31)12-6-10(9-4-5-9)7-27-13(12)15-28-8-11(29(15)2)14(19)16(20,17(21,22)23)18(24,25)26/h6-9,14H,3-5H2,1-2H3/t14-/m1/s1. The van der Waals surface area contributed by atoms with Gasteiger partial charge in [-0.3, -0.25) is 4.98 Å². The summed E-state index contributed by atoms with van der Waals surface area (Å²) in [5.41, 5.74) is -7.38. The first-order valence-electron chi connectivity index (χ1n) is 9.27. The molecule has 1 fully saturated rings. The zero-order chi connectivity index (χ0) is 24.3. The summed E-state index contributed by atoms with van der Waals surface area (Å²) in [5.74, 6) is -0.821. The number of alkyl halides is 8. The number of hydrogen-bond donors (Lipinski definition) is 0. The molecule has 0 aliphatic heterocycles. The van der Waals surface area contributed by atoms with Crippen LogP contribution < -0.4 is 0 Å². The molecule has 1 atom stereocenters. The van der Waals surface area contributed by atoms with E-state index >= 15 is 0 Å². The average molecular weight is 491 g/mol. The summed E-state index contributed by atoms with van der Waals surface area (Å²) in [5, 5.41) is 0. The highest BCUT2D eigenvalue weighted by Crippen LogP contribution is 2.54. The van der Waals surface area contributed by atoms with Crippen LogP contribution in [-0.4, -0.2) is 46.7 Å². The van der Waals surface area contributed by atoms with Gasteiger partial charge in [-0.15, -0.1) is 0 Å². The van der Waals surface area contributed by atoms with Crippen molar-refractivity contribution in [1.82, 2.24) is 14.5 Å². The van der Waals surface area contributed by atoms with Gasteiger partial charge < -0.3 is 4.57 Å². The Bertz CT molecular complexity index is 1110. The van der Waals surface area contributed by atoms with E-state index in [9.17, 15) is 43.5 Å². The fourth-order valence-corrected chi connectivity index (χ4v) is 4.26. The van der Waals surface area contributed by atoms with E-state index in [1.54, 1.807) is 0 Å². The van der Waals surface area contributed by atoms with Crippen LogP contribution in [0.25, 0.3) is 11.5 Å². The summed E-state index contributed by atoms with van der Waals surface area (Å²) in [6.07, 6.45) is -14.2. The number of halogens is 8. The minimum Gasteiger partial charge on any atom is -0.327 e. The number of sulfone groups is 1. The van der Waals surface area contributed by atoms with Crippen LogP contribution in [-0.2, 0) is 16.9 Å². The van der Waals surface area contributed by atoms with Crippen LogP contribution in [0.2, 0.25) is 0 Å². The molecule has 1 aliphatic carbocycles. The lowest BCUT2D eigenvalue weighted by Crippen LogP contribution is -2.56. The lowest BCUT2D eigenvalue weighted by molar-refractivity contribution is -0.359. The van der Waals surface area contributed by atoms with Crippen molar-refractivity contribution in [3.63, 3.8) is 0 Å². The van der Waals surface area contributed by atoms with E-state index in [0.717, 1.165) is 19.9 Å². The second-order valence-electron chi connectivity index (χ2n) is 7.43. The van der Waals surface area contributed by atoms with Crippen molar-refractivity contribution in [2.45, 2.75) is 54.8 Å². The van der Waals surface area contributed by atoms with Crippen LogP contribution in [0.3, 0.4) is 0 Å². The lowest BCUT2D eigenvalue weighted by Gasteiger charge is -2.32. The molecular weight excluding hydrogens is 474 g/mol. The number of aromatic nitrogens is 3. The Balaban J connectivity index is 2.16. The summed E-state index contributed by atoms with van der Waals surface area (Å²) in [4.78, 5) is 7.22. The largest absolute Gasteiger partial charge is 0.434 e. The van der Waals surface area contributed by atoms with Crippen molar-refractivity contribution in [2.24, 2.45) is 7.05 Å². The third-order valence-corrected chi connectivity index (χ3v) is 7.05. The zero-order valence-corrected chi connectivity index (χ0v) is 17.4. The number of pyridine rings is 1. The molecule has 2 aromatic heterocycles. The predicted molar refractivity (Wildman–Crippen MR) is 95.9 cm³/mol. The van der Waals surface area contributed by atoms with Crippen molar-refractivity contribution in [3.05, 3.63) is 29.7 Å². The Labute approximate surface area is 177 Å². The van der Waals surface area contributed by atoms with Crippen molar-refractivity contribution in [2.75, 3.05) is 5.75 Å². The molecule has 2 aromatic rings. The fraction of sp³-hybridized carbons (Fsp3) is 0.556. The maximum absolute atomic E-state index is 14.5. The first kappa shape index (κ1) is 24.4. The number of hydrogen-bond acceptors (Lipinski definition) is 4. The fourth-order valence-electron chi connectivity index (χ4n) is 3.19. The molecule has 0 N–H and O–H groups in total. The molecule has 0 saturated heterocycles. The molecule has 2 heterocycles. The molecule has 1 aliphatic rings. The van der Waals surface area contributed by atoms with Crippen molar-refractivity contribution >= 4 is 9.84 Å². The van der Waals surface area contributed by atoms with Gasteiger partial charge in [0.25, 0.3) is 0 Å². The first-order valence-corrected chi connectivity index (χ1v) is 10.9. The number of rotatable bonds is 6. The molecule has 14 heteroatoms. The van der Waals surface area contributed by atoms with Crippen molar-refractivity contribution in [3.8, 4) is 11.5 Å². The minimum atomic E-state index is -6.62. The molecule has 0 spiro atoms. The van der Waals surface area contributed by atoms with E-state index < -0.39 is 45.5 Å². The summed E-state index contributed by atoms with van der Waals surface area (Å²) >= 11 is 0. The van der Waals surface area contributed by atoms with E-state index in [1.807, 2.05) is 0 Å². The summed E-state index contributed by atoms with van der Waals surface area (Å²) in [6.45, 7) is 1.33. The molecular formula is C18H17F8N3O2S. The van der Waals surface area contributed by atoms with Crippen LogP contribution in [0.5, 0.6) is 0 Å². The second-order valence-corrected chi connectivity index (χ2v) is 9.68. The van der Waals surface area contributed by atoms with Crippen LogP contribution in [0.15, 0.2) is 23.4 Å². The van der Waals surface area contributed by atoms with Gasteiger partial charge in [0.15, 0.2) is 21.8 Å². The number of imidazole rings is 1. The lowest BCUT2D eigenvalue weighted by atomic mass is 9.96. The highest BCUT2D eigenvalue weighted by Gasteiger charge is 2.77. The Hall–Kier alpha value is -2.25. The van der Waals surface area contributed by atoms with E-state index in [1.165, 1.54) is 19.2 Å². The zero-order valence-electron chi connectivity index (χ0n) is 16.6. The van der Waals surface area contributed by atoms with Gasteiger partial charge >= 0.3 is 18.0 Å². The number of nitrogens with zero attached hydrogens (tertiary/aromatic N) is 3. The molecule has 0 aromatic carbocycles. The highest BCUT2D eigenvalue weighted by molar-refractivity contribution is 7.91. The Morgan fingerprint density at radius 1 is 1.06 bits per heavy atom. The Kier molecular flexibility index (Phi) is 5.84. The van der Waals surface area contributed by atoms with Crippen LogP contribution in [0, 0.1) is 0 Å². The van der Waals surface area contributed by atoms with Gasteiger partial charge in [-0.05, 0) is 30.4 Å². The average Bonchev–Trinajstić information content (AvgIpc) is 3.47. The van der Waals surface area contributed by atoms with Gasteiger partial charge in [0.2, 0.25) is 0 Å². The maximum Gasteiger partial charge on any atom is 0.434 e. The van der Waals surface area contributed by atoms with Crippen LogP contribution in [0.4, 0.5) is 35.1 Å². The summed E-state index contributed by atoms with van der Waals surface area (Å²) in [7, 11) is -3.11. The second kappa shape index (κ2) is 7.66. The van der Waals surface area contributed by atoms with Gasteiger partial charge in [0, 0.05) is 13.2 Å². The quantitative estimate of drug-likeness (QED) is 0.534. The monoisotopic (exact) mass is 491 g/mol. The molecule has 0 unspecified atom stereocenters. The van der Waals surface area contributed by atoms with Gasteiger partial charge in [-0.2, -0.15) is 26.3 Å². The minimum absolute atomic E-state index is 0.0836. The molecule has 0 radical (unpaired) electrons. The topological polar surface area (TPSA) is 64.8 Å². The summed E-state index contributed by atoms with van der Waals surface area (Å²) in [6, 6.07) is 1.31. The molecule has 0 bridgehead atoms. The first-order chi connectivity index (χ1) is 14.6. The van der Waals surface area contributed by atoms with E-state index in [2.05, 4.69) is 9.97 Å². The van der Waals surface area contributed by atoms with Gasteiger partial charge in [-0.1, -0.05) is 6.92 Å². The van der Waals surface area contributed by atoms with Gasteiger partial charge in [0.05, 0.1) is 22.5 Å².